The van der Waals surface area contributed by atoms with Gasteiger partial charge < -0.3 is 10.6 Å². The van der Waals surface area contributed by atoms with Gasteiger partial charge in [0, 0.05) is 12.6 Å². The van der Waals surface area contributed by atoms with Crippen molar-refractivity contribution >= 4 is 23.1 Å². The number of amides is 1. The van der Waals surface area contributed by atoms with Crippen molar-refractivity contribution in [2.45, 2.75) is 65.8 Å². The van der Waals surface area contributed by atoms with Crippen molar-refractivity contribution in [1.29, 1.82) is 0 Å². The van der Waals surface area contributed by atoms with Gasteiger partial charge in [-0.25, -0.2) is 0 Å². The quantitative estimate of drug-likeness (QED) is 0.762. The summed E-state index contributed by atoms with van der Waals surface area (Å²) in [5, 5.41) is 0. The van der Waals surface area contributed by atoms with Crippen LogP contribution < -0.4 is 5.73 Å². The van der Waals surface area contributed by atoms with Gasteiger partial charge in [-0.1, -0.05) is 45.8 Å². The van der Waals surface area contributed by atoms with Crippen molar-refractivity contribution in [2.24, 2.45) is 17.1 Å². The SMILES string of the molecule is CCC(C)(C(=O)N(CC(C)C)C1CCCC1)C(N)=S. The van der Waals surface area contributed by atoms with Crippen molar-refractivity contribution in [3.63, 3.8) is 0 Å². The standard InChI is InChI=1S/C15H28N2OS/c1-5-15(4,13(16)19)14(18)17(10-11(2)3)12-8-6-7-9-12/h11-12H,5-10H2,1-4H3,(H2,16,19). The number of nitrogens with two attached hydrogens (primary N) is 1. The van der Waals surface area contributed by atoms with Gasteiger partial charge in [0.25, 0.3) is 0 Å². The van der Waals surface area contributed by atoms with Crippen LogP contribution in [0.4, 0.5) is 0 Å². The molecule has 110 valence electrons. The summed E-state index contributed by atoms with van der Waals surface area (Å²) in [6, 6.07) is 0.384. The Hall–Kier alpha value is -0.640. The maximum atomic E-state index is 12.9. The third kappa shape index (κ3) is 3.68. The number of thiocarbonyl (C=S) groups is 1. The zero-order valence-electron chi connectivity index (χ0n) is 12.7. The second kappa shape index (κ2) is 6.69. The largest absolute Gasteiger partial charge is 0.392 e. The lowest BCUT2D eigenvalue weighted by Gasteiger charge is -2.38. The predicted molar refractivity (Wildman–Crippen MR) is 84.0 cm³/mol. The van der Waals surface area contributed by atoms with Gasteiger partial charge in [0.05, 0.1) is 10.4 Å². The molecule has 0 spiro atoms. The second-order valence-electron chi connectivity index (χ2n) is 6.34. The molecule has 2 N–H and O–H groups in total. The first-order chi connectivity index (χ1) is 8.82. The fourth-order valence-corrected chi connectivity index (χ4v) is 2.99. The molecule has 1 rings (SSSR count). The average molecular weight is 284 g/mol. The summed E-state index contributed by atoms with van der Waals surface area (Å²) in [6.45, 7) is 8.99. The van der Waals surface area contributed by atoms with Crippen LogP contribution in [0.5, 0.6) is 0 Å². The molecule has 0 aliphatic heterocycles. The Morgan fingerprint density at radius 3 is 2.32 bits per heavy atom. The van der Waals surface area contributed by atoms with E-state index in [-0.39, 0.29) is 5.91 Å². The van der Waals surface area contributed by atoms with E-state index in [9.17, 15) is 4.79 Å². The molecule has 1 aliphatic carbocycles. The molecule has 0 aromatic carbocycles. The lowest BCUT2D eigenvalue weighted by molar-refractivity contribution is -0.140. The van der Waals surface area contributed by atoms with E-state index in [1.54, 1.807) is 0 Å². The molecule has 0 aromatic rings. The normalized spacial score (nSPS) is 19.4. The summed E-state index contributed by atoms with van der Waals surface area (Å²) < 4.78 is 0. The molecule has 0 aromatic heterocycles. The summed E-state index contributed by atoms with van der Waals surface area (Å²) in [6.07, 6.45) is 5.36. The minimum absolute atomic E-state index is 0.128. The van der Waals surface area contributed by atoms with Crippen LogP contribution in [0.15, 0.2) is 0 Å². The molecule has 0 bridgehead atoms. The highest BCUT2D eigenvalue weighted by molar-refractivity contribution is 7.80. The second-order valence-corrected chi connectivity index (χ2v) is 6.78. The van der Waals surface area contributed by atoms with Crippen molar-refractivity contribution in [3.05, 3.63) is 0 Å². The van der Waals surface area contributed by atoms with Gasteiger partial charge >= 0.3 is 0 Å². The van der Waals surface area contributed by atoms with Gasteiger partial charge in [-0.3, -0.25) is 4.79 Å². The summed E-state index contributed by atoms with van der Waals surface area (Å²) >= 11 is 5.14. The van der Waals surface area contributed by atoms with E-state index in [0.29, 0.717) is 23.4 Å². The topological polar surface area (TPSA) is 46.3 Å². The molecule has 1 unspecified atom stereocenters. The lowest BCUT2D eigenvalue weighted by Crippen LogP contribution is -2.52. The van der Waals surface area contributed by atoms with E-state index in [2.05, 4.69) is 18.7 Å². The van der Waals surface area contributed by atoms with Gasteiger partial charge in [0.15, 0.2) is 0 Å². The number of rotatable bonds is 6. The first kappa shape index (κ1) is 16.4. The van der Waals surface area contributed by atoms with Crippen LogP contribution in [0.25, 0.3) is 0 Å². The minimum atomic E-state index is -0.688. The Labute approximate surface area is 122 Å². The minimum Gasteiger partial charge on any atom is -0.392 e. The van der Waals surface area contributed by atoms with Crippen LogP contribution in [-0.2, 0) is 4.79 Å². The Kier molecular flexibility index (Phi) is 5.78. The van der Waals surface area contributed by atoms with Gasteiger partial charge in [-0.05, 0) is 32.1 Å². The highest BCUT2D eigenvalue weighted by Crippen LogP contribution is 2.31. The molecule has 3 nitrogen and oxygen atoms in total. The van der Waals surface area contributed by atoms with Gasteiger partial charge in [0.1, 0.15) is 0 Å². The molecule has 1 aliphatic rings. The van der Waals surface area contributed by atoms with Crippen molar-refractivity contribution in [3.8, 4) is 0 Å². The number of nitrogens with zero attached hydrogens (tertiary/aromatic N) is 1. The Morgan fingerprint density at radius 2 is 1.95 bits per heavy atom. The highest BCUT2D eigenvalue weighted by atomic mass is 32.1. The third-order valence-corrected chi connectivity index (χ3v) is 4.76. The molecule has 1 amide bonds. The number of hydrogen-bond acceptors (Lipinski definition) is 2. The molecule has 0 heterocycles. The molecular formula is C15H28N2OS. The molecule has 0 radical (unpaired) electrons. The Balaban J connectivity index is 2.95. The van der Waals surface area contributed by atoms with Gasteiger partial charge in [0.2, 0.25) is 5.91 Å². The zero-order valence-corrected chi connectivity index (χ0v) is 13.6. The van der Waals surface area contributed by atoms with E-state index in [1.165, 1.54) is 12.8 Å². The summed E-state index contributed by atoms with van der Waals surface area (Å²) in [5.74, 6) is 0.597. The molecule has 1 fully saturated rings. The number of carbonyl (C=O) groups excluding carboxylic acids is 1. The average Bonchev–Trinajstić information content (AvgIpc) is 2.87. The summed E-state index contributed by atoms with van der Waals surface area (Å²) in [7, 11) is 0. The van der Waals surface area contributed by atoms with Crippen LogP contribution in [0, 0.1) is 11.3 Å². The molecule has 0 saturated heterocycles. The summed E-state index contributed by atoms with van der Waals surface area (Å²) in [4.78, 5) is 15.3. The van der Waals surface area contributed by atoms with Crippen molar-refractivity contribution in [1.82, 2.24) is 4.90 Å². The van der Waals surface area contributed by atoms with E-state index in [1.807, 2.05) is 13.8 Å². The van der Waals surface area contributed by atoms with Gasteiger partial charge in [-0.15, -0.1) is 0 Å². The van der Waals surface area contributed by atoms with Crippen LogP contribution >= 0.6 is 12.2 Å². The maximum absolute atomic E-state index is 12.9. The van der Waals surface area contributed by atoms with Crippen LogP contribution in [0.1, 0.15) is 59.8 Å². The predicted octanol–water partition coefficient (Wildman–Crippen LogP) is 3.12. The fourth-order valence-electron chi connectivity index (χ4n) is 2.75. The smallest absolute Gasteiger partial charge is 0.235 e. The van der Waals surface area contributed by atoms with Crippen LogP contribution in [-0.4, -0.2) is 28.4 Å². The maximum Gasteiger partial charge on any atom is 0.235 e. The molecule has 1 atom stereocenters. The summed E-state index contributed by atoms with van der Waals surface area (Å²) in [5.41, 5.74) is 5.15. The van der Waals surface area contributed by atoms with Crippen molar-refractivity contribution < 1.29 is 4.79 Å². The Bertz CT molecular complexity index is 337. The van der Waals surface area contributed by atoms with Crippen LogP contribution in [0.2, 0.25) is 0 Å². The van der Waals surface area contributed by atoms with E-state index in [4.69, 9.17) is 18.0 Å². The monoisotopic (exact) mass is 284 g/mol. The molecule has 1 saturated carbocycles. The van der Waals surface area contributed by atoms with Crippen LogP contribution in [0.3, 0.4) is 0 Å². The fraction of sp³-hybridized carbons (Fsp3) is 0.867. The highest BCUT2D eigenvalue weighted by Gasteiger charge is 2.40. The van der Waals surface area contributed by atoms with Gasteiger partial charge in [-0.2, -0.15) is 0 Å². The van der Waals surface area contributed by atoms with E-state index < -0.39 is 5.41 Å². The molecule has 19 heavy (non-hydrogen) atoms. The third-order valence-electron chi connectivity index (χ3n) is 4.31. The molecule has 4 heteroatoms. The number of hydrogen-bond donors (Lipinski definition) is 1. The first-order valence-electron chi connectivity index (χ1n) is 7.44. The number of carbonyl (C=O) groups is 1. The zero-order chi connectivity index (χ0) is 14.6. The first-order valence-corrected chi connectivity index (χ1v) is 7.84. The van der Waals surface area contributed by atoms with Crippen molar-refractivity contribution in [2.75, 3.05) is 6.54 Å². The van der Waals surface area contributed by atoms with E-state index >= 15 is 0 Å². The Morgan fingerprint density at radius 1 is 1.42 bits per heavy atom. The lowest BCUT2D eigenvalue weighted by atomic mass is 9.85. The molecular weight excluding hydrogens is 256 g/mol. The van der Waals surface area contributed by atoms with E-state index in [0.717, 1.165) is 19.4 Å².